The summed E-state index contributed by atoms with van der Waals surface area (Å²) in [5.74, 6) is 0.310. The van der Waals surface area contributed by atoms with E-state index in [0.29, 0.717) is 51.6 Å². The molecule has 0 atom stereocenters. The van der Waals surface area contributed by atoms with Crippen LogP contribution < -0.4 is 20.8 Å². The van der Waals surface area contributed by atoms with Gasteiger partial charge in [0.2, 0.25) is 5.88 Å². The van der Waals surface area contributed by atoms with Crippen LogP contribution in [0.15, 0.2) is 70.5 Å². The monoisotopic (exact) mass is 522 g/mol. The lowest BCUT2D eigenvalue weighted by Gasteiger charge is -2.15. The SMILES string of the molecule is CCOc1ccc2cc(-c3ccc(N)c(C=NCC(C)(C)O)c3)c(=O)n(-c3ccc(OC(F)F)cc3)c2n1. The zero-order valence-corrected chi connectivity index (χ0v) is 21.2. The van der Waals surface area contributed by atoms with E-state index in [2.05, 4.69) is 14.7 Å². The van der Waals surface area contributed by atoms with Gasteiger partial charge in [0.25, 0.3) is 5.56 Å². The van der Waals surface area contributed by atoms with E-state index in [0.717, 1.165) is 0 Å². The molecule has 0 fully saturated rings. The van der Waals surface area contributed by atoms with Crippen molar-refractivity contribution in [2.45, 2.75) is 33.0 Å². The van der Waals surface area contributed by atoms with Crippen molar-refractivity contribution in [2.75, 3.05) is 18.9 Å². The van der Waals surface area contributed by atoms with E-state index in [1.807, 2.05) is 6.92 Å². The van der Waals surface area contributed by atoms with Crippen molar-refractivity contribution in [3.8, 4) is 28.4 Å². The third-order valence-electron chi connectivity index (χ3n) is 5.54. The second kappa shape index (κ2) is 11.0. The zero-order valence-electron chi connectivity index (χ0n) is 21.2. The van der Waals surface area contributed by atoms with E-state index in [1.54, 1.807) is 56.5 Å². The number of nitrogens with zero attached hydrogens (tertiary/aromatic N) is 3. The van der Waals surface area contributed by atoms with Crippen LogP contribution in [0.25, 0.3) is 27.8 Å². The average Bonchev–Trinajstić information content (AvgIpc) is 2.85. The van der Waals surface area contributed by atoms with Gasteiger partial charge in [0.1, 0.15) is 5.75 Å². The van der Waals surface area contributed by atoms with E-state index in [-0.39, 0.29) is 17.9 Å². The fourth-order valence-corrected chi connectivity index (χ4v) is 3.84. The number of anilines is 1. The number of aliphatic hydroxyl groups is 1. The van der Waals surface area contributed by atoms with Crippen LogP contribution in [-0.2, 0) is 0 Å². The van der Waals surface area contributed by atoms with E-state index in [9.17, 15) is 18.7 Å². The number of halogens is 2. The van der Waals surface area contributed by atoms with Crippen molar-refractivity contribution >= 4 is 22.9 Å². The molecule has 10 heteroatoms. The molecule has 0 spiro atoms. The second-order valence-electron chi connectivity index (χ2n) is 9.19. The van der Waals surface area contributed by atoms with Crippen molar-refractivity contribution < 1.29 is 23.4 Å². The van der Waals surface area contributed by atoms with Crippen LogP contribution in [0.1, 0.15) is 26.3 Å². The van der Waals surface area contributed by atoms with E-state index >= 15 is 0 Å². The van der Waals surface area contributed by atoms with Gasteiger partial charge in [0.15, 0.2) is 5.65 Å². The minimum atomic E-state index is -2.96. The highest BCUT2D eigenvalue weighted by atomic mass is 19.3. The minimum absolute atomic E-state index is 0.0336. The molecule has 0 aliphatic heterocycles. The summed E-state index contributed by atoms with van der Waals surface area (Å²) >= 11 is 0. The van der Waals surface area contributed by atoms with E-state index in [4.69, 9.17) is 10.5 Å². The number of hydrogen-bond acceptors (Lipinski definition) is 7. The fraction of sp³-hybridized carbons (Fsp3) is 0.250. The van der Waals surface area contributed by atoms with Crippen molar-refractivity contribution in [3.63, 3.8) is 0 Å². The summed E-state index contributed by atoms with van der Waals surface area (Å²) in [4.78, 5) is 22.7. The summed E-state index contributed by atoms with van der Waals surface area (Å²) in [6.45, 7) is 2.74. The molecule has 0 saturated carbocycles. The molecule has 0 radical (unpaired) electrons. The number of alkyl halides is 2. The van der Waals surface area contributed by atoms with Crippen molar-refractivity contribution in [1.82, 2.24) is 9.55 Å². The molecule has 38 heavy (non-hydrogen) atoms. The number of benzene rings is 2. The van der Waals surface area contributed by atoms with Gasteiger partial charge in [-0.1, -0.05) is 6.07 Å². The second-order valence-corrected chi connectivity index (χ2v) is 9.19. The van der Waals surface area contributed by atoms with Gasteiger partial charge in [0, 0.05) is 34.5 Å². The smallest absolute Gasteiger partial charge is 0.387 e. The number of ether oxygens (including phenoxy) is 2. The molecule has 2 aromatic heterocycles. The lowest BCUT2D eigenvalue weighted by molar-refractivity contribution is -0.0498. The number of aliphatic imine (C=N–C) groups is 1. The minimum Gasteiger partial charge on any atom is -0.478 e. The first kappa shape index (κ1) is 26.7. The Morgan fingerprint density at radius 1 is 1.13 bits per heavy atom. The lowest BCUT2D eigenvalue weighted by atomic mass is 10.0. The predicted octanol–water partition coefficient (Wildman–Crippen LogP) is 4.82. The summed E-state index contributed by atoms with van der Waals surface area (Å²) in [6, 6.07) is 16.1. The topological polar surface area (TPSA) is 112 Å². The van der Waals surface area contributed by atoms with Crippen LogP contribution >= 0.6 is 0 Å². The standard InChI is InChI=1S/C28H28F2N4O4/c1-4-37-24-12-6-18-14-22(17-5-11-23(31)19(13-17)15-32-16-28(2,3)36)26(35)34(25(18)33-24)20-7-9-21(10-8-20)38-27(29)30/h5-15,27,36H,4,16,31H2,1-3H3. The first-order chi connectivity index (χ1) is 18.1. The number of nitrogen functional groups attached to an aromatic ring is 1. The predicted molar refractivity (Wildman–Crippen MR) is 144 cm³/mol. The molecule has 3 N–H and O–H groups in total. The van der Waals surface area contributed by atoms with E-state index in [1.165, 1.54) is 28.8 Å². The average molecular weight is 523 g/mol. The molecular weight excluding hydrogens is 494 g/mol. The Hall–Kier alpha value is -4.31. The Labute approximate surface area is 218 Å². The number of pyridine rings is 2. The molecule has 8 nitrogen and oxygen atoms in total. The van der Waals surface area contributed by atoms with Gasteiger partial charge < -0.3 is 20.3 Å². The first-order valence-corrected chi connectivity index (χ1v) is 11.9. The fourth-order valence-electron chi connectivity index (χ4n) is 3.84. The molecule has 2 aromatic carbocycles. The molecule has 198 valence electrons. The molecule has 0 aliphatic rings. The zero-order chi connectivity index (χ0) is 27.4. The summed E-state index contributed by atoms with van der Waals surface area (Å²) < 4.78 is 36.7. The molecule has 4 aromatic rings. The maximum absolute atomic E-state index is 13.9. The lowest BCUT2D eigenvalue weighted by Crippen LogP contribution is -2.22. The maximum Gasteiger partial charge on any atom is 0.387 e. The highest BCUT2D eigenvalue weighted by molar-refractivity contribution is 5.90. The Morgan fingerprint density at radius 2 is 1.87 bits per heavy atom. The van der Waals surface area contributed by atoms with E-state index < -0.39 is 12.2 Å². The van der Waals surface area contributed by atoms with Crippen LogP contribution in [0.5, 0.6) is 11.6 Å². The Balaban J connectivity index is 1.88. The molecule has 0 saturated heterocycles. The Bertz CT molecular complexity index is 1530. The molecule has 2 heterocycles. The van der Waals surface area contributed by atoms with Crippen molar-refractivity contribution in [2.24, 2.45) is 4.99 Å². The molecule has 0 amide bonds. The third kappa shape index (κ3) is 6.15. The number of aromatic nitrogens is 2. The number of fused-ring (bicyclic) bond motifs is 1. The summed E-state index contributed by atoms with van der Waals surface area (Å²) in [5.41, 5.74) is 7.55. The first-order valence-electron chi connectivity index (χ1n) is 11.9. The van der Waals surface area contributed by atoms with Gasteiger partial charge in [-0.25, -0.2) is 0 Å². The third-order valence-corrected chi connectivity index (χ3v) is 5.54. The number of hydrogen-bond donors (Lipinski definition) is 2. The molecule has 0 aliphatic carbocycles. The van der Waals surface area contributed by atoms with Gasteiger partial charge in [-0.15, -0.1) is 0 Å². The quantitative estimate of drug-likeness (QED) is 0.241. The molecule has 4 rings (SSSR count). The summed E-state index contributed by atoms with van der Waals surface area (Å²) in [7, 11) is 0. The number of nitrogens with two attached hydrogens (primary N) is 1. The van der Waals surface area contributed by atoms with Gasteiger partial charge >= 0.3 is 6.61 Å². The van der Waals surface area contributed by atoms with Crippen LogP contribution in [0.3, 0.4) is 0 Å². The van der Waals surface area contributed by atoms with Gasteiger partial charge in [-0.3, -0.25) is 14.4 Å². The molecular formula is C28H28F2N4O4. The van der Waals surface area contributed by atoms with Gasteiger partial charge in [-0.05, 0) is 74.9 Å². The highest BCUT2D eigenvalue weighted by Crippen LogP contribution is 2.27. The Morgan fingerprint density at radius 3 is 2.53 bits per heavy atom. The number of rotatable bonds is 9. The summed E-state index contributed by atoms with van der Waals surface area (Å²) in [6.07, 6.45) is 1.56. The molecule has 0 bridgehead atoms. The van der Waals surface area contributed by atoms with Crippen LogP contribution in [-0.4, -0.2) is 46.2 Å². The largest absolute Gasteiger partial charge is 0.478 e. The van der Waals surface area contributed by atoms with Crippen LogP contribution in [0.4, 0.5) is 14.5 Å². The summed E-state index contributed by atoms with van der Waals surface area (Å²) in [5, 5.41) is 10.6. The highest BCUT2D eigenvalue weighted by Gasteiger charge is 2.16. The van der Waals surface area contributed by atoms with Crippen LogP contribution in [0.2, 0.25) is 0 Å². The van der Waals surface area contributed by atoms with Crippen LogP contribution in [0, 0.1) is 0 Å². The van der Waals surface area contributed by atoms with Crippen molar-refractivity contribution in [1.29, 1.82) is 0 Å². The Kier molecular flexibility index (Phi) is 7.72. The van der Waals surface area contributed by atoms with Gasteiger partial charge in [0.05, 0.1) is 24.4 Å². The maximum atomic E-state index is 13.9. The molecule has 0 unspecified atom stereocenters. The van der Waals surface area contributed by atoms with Gasteiger partial charge in [-0.2, -0.15) is 13.8 Å². The normalized spacial score (nSPS) is 12.0. The van der Waals surface area contributed by atoms with Crippen molar-refractivity contribution in [3.05, 3.63) is 76.6 Å².